The Hall–Kier alpha value is -4.35. The van der Waals surface area contributed by atoms with Crippen molar-refractivity contribution in [2.45, 2.75) is 32.9 Å². The predicted octanol–water partition coefficient (Wildman–Crippen LogP) is 5.39. The van der Waals surface area contributed by atoms with Gasteiger partial charge in [0.15, 0.2) is 5.65 Å². The third kappa shape index (κ3) is 6.23. The van der Waals surface area contributed by atoms with E-state index in [0.29, 0.717) is 48.1 Å². The van der Waals surface area contributed by atoms with Crippen LogP contribution in [-0.4, -0.2) is 75.3 Å². The van der Waals surface area contributed by atoms with Crippen LogP contribution in [0.2, 0.25) is 0 Å². The number of likely N-dealkylation sites (N-methyl/N-ethyl adjacent to an activating group) is 1. The zero-order chi connectivity index (χ0) is 29.9. The molecule has 1 aliphatic rings. The van der Waals surface area contributed by atoms with Crippen LogP contribution in [0.5, 0.6) is 5.75 Å². The molecular weight excluding hydrogens is 565 g/mol. The van der Waals surface area contributed by atoms with E-state index in [4.69, 9.17) is 14.7 Å². The van der Waals surface area contributed by atoms with Crippen LogP contribution in [0.4, 0.5) is 10.2 Å². The van der Waals surface area contributed by atoms with E-state index in [0.717, 1.165) is 29.2 Å². The van der Waals surface area contributed by atoms with Crippen LogP contribution < -0.4 is 15.0 Å². The molecule has 222 valence electrons. The Labute approximate surface area is 254 Å². The number of ether oxygens (including phenoxy) is 1. The summed E-state index contributed by atoms with van der Waals surface area (Å²) in [6.45, 7) is 9.91. The van der Waals surface area contributed by atoms with Crippen molar-refractivity contribution >= 4 is 28.7 Å². The molecule has 1 saturated heterocycles. The Morgan fingerprint density at radius 3 is 2.63 bits per heavy atom. The van der Waals surface area contributed by atoms with Crippen LogP contribution in [0.15, 0.2) is 72.4 Å². The number of benzene rings is 1. The van der Waals surface area contributed by atoms with Crippen LogP contribution in [0.3, 0.4) is 0 Å². The molecule has 1 atom stereocenters. The highest BCUT2D eigenvalue weighted by molar-refractivity contribution is 7.13. The van der Waals surface area contributed by atoms with E-state index in [1.165, 1.54) is 12.1 Å². The summed E-state index contributed by atoms with van der Waals surface area (Å²) in [6.07, 6.45) is 3.56. The molecular formula is C32H34FN7O2S. The molecule has 0 unspecified atom stereocenters. The fourth-order valence-electron chi connectivity index (χ4n) is 5.28. The molecule has 1 aromatic carbocycles. The van der Waals surface area contributed by atoms with Gasteiger partial charge in [-0.3, -0.25) is 9.69 Å². The summed E-state index contributed by atoms with van der Waals surface area (Å²) >= 11 is 1.63. The van der Waals surface area contributed by atoms with Gasteiger partial charge in [-0.25, -0.2) is 18.9 Å². The number of amides is 1. The zero-order valence-electron chi connectivity index (χ0n) is 24.4. The van der Waals surface area contributed by atoms with E-state index in [9.17, 15) is 9.18 Å². The third-order valence-corrected chi connectivity index (χ3v) is 8.67. The highest BCUT2D eigenvalue weighted by atomic mass is 32.1. The summed E-state index contributed by atoms with van der Waals surface area (Å²) in [4.78, 5) is 28.8. The second-order valence-corrected chi connectivity index (χ2v) is 11.5. The average molecular weight is 600 g/mol. The maximum atomic E-state index is 13.5. The lowest BCUT2D eigenvalue weighted by Gasteiger charge is -2.40. The summed E-state index contributed by atoms with van der Waals surface area (Å²) in [5.74, 6) is 0.833. The van der Waals surface area contributed by atoms with Crippen LogP contribution in [0.25, 0.3) is 27.5 Å². The van der Waals surface area contributed by atoms with Gasteiger partial charge in [-0.05, 0) is 73.9 Å². The molecule has 5 aromatic rings. The van der Waals surface area contributed by atoms with Crippen LogP contribution in [0.1, 0.15) is 31.1 Å². The summed E-state index contributed by atoms with van der Waals surface area (Å²) in [5.41, 5.74) is 3.40. The number of halogens is 1. The maximum absolute atomic E-state index is 13.5. The molecule has 0 radical (unpaired) electrons. The molecule has 5 heterocycles. The minimum Gasteiger partial charge on any atom is -0.487 e. The Morgan fingerprint density at radius 2 is 1.91 bits per heavy atom. The molecule has 0 bridgehead atoms. The van der Waals surface area contributed by atoms with E-state index >= 15 is 0 Å². The Kier molecular flexibility index (Phi) is 8.35. The van der Waals surface area contributed by atoms with E-state index in [-0.39, 0.29) is 23.9 Å². The van der Waals surface area contributed by atoms with Gasteiger partial charge in [0, 0.05) is 24.3 Å². The molecule has 1 fully saturated rings. The molecule has 43 heavy (non-hydrogen) atoms. The minimum absolute atomic E-state index is 0.0740. The molecule has 0 saturated carbocycles. The second kappa shape index (κ2) is 12.5. The predicted molar refractivity (Wildman–Crippen MR) is 167 cm³/mol. The van der Waals surface area contributed by atoms with Crippen molar-refractivity contribution < 1.29 is 13.9 Å². The van der Waals surface area contributed by atoms with Crippen molar-refractivity contribution in [3.63, 3.8) is 0 Å². The number of hydrogen-bond acceptors (Lipinski definition) is 8. The monoisotopic (exact) mass is 599 g/mol. The van der Waals surface area contributed by atoms with Gasteiger partial charge in [0.2, 0.25) is 0 Å². The van der Waals surface area contributed by atoms with Gasteiger partial charge in [-0.2, -0.15) is 5.10 Å². The molecule has 1 amide bonds. The first-order chi connectivity index (χ1) is 20.9. The molecule has 11 heteroatoms. The van der Waals surface area contributed by atoms with Gasteiger partial charge in [0.1, 0.15) is 23.5 Å². The van der Waals surface area contributed by atoms with E-state index in [2.05, 4.69) is 41.0 Å². The molecule has 6 rings (SSSR count). The topological polar surface area (TPSA) is 87.9 Å². The minimum atomic E-state index is -0.300. The molecule has 4 aromatic heterocycles. The van der Waals surface area contributed by atoms with Crippen LogP contribution in [0, 0.1) is 5.82 Å². The first-order valence-corrected chi connectivity index (χ1v) is 15.4. The largest absolute Gasteiger partial charge is 0.487 e. The first-order valence-electron chi connectivity index (χ1n) is 14.5. The summed E-state index contributed by atoms with van der Waals surface area (Å²) in [6, 6.07) is 15.8. The molecule has 1 N–H and O–H groups in total. The number of fused-ring (bicyclic) bond motifs is 1. The third-order valence-electron chi connectivity index (χ3n) is 7.77. The molecule has 1 aliphatic heterocycles. The number of carbonyl (C=O) groups excluding carboxylic acids is 1. The number of pyridine rings is 1. The number of nitrogens with zero attached hydrogens (tertiary/aromatic N) is 6. The number of thiophene rings is 1. The zero-order valence-corrected chi connectivity index (χ0v) is 25.2. The molecule has 9 nitrogen and oxygen atoms in total. The van der Waals surface area contributed by atoms with Crippen molar-refractivity contribution in [2.75, 3.05) is 37.6 Å². The summed E-state index contributed by atoms with van der Waals surface area (Å²) in [5, 5.41) is 9.65. The normalized spacial score (nSPS) is 14.2. The Balaban J connectivity index is 1.29. The SMILES string of the molecule is CCN(CC)[C@@H](C)CNC(=O)c1cc(-c2cnn3ccc(-c4cccs4)nc23)nc(N2CC(Oc3ccc(F)cc3)C2)c1. The van der Waals surface area contributed by atoms with Gasteiger partial charge < -0.3 is 15.0 Å². The molecule has 0 spiro atoms. The van der Waals surface area contributed by atoms with Gasteiger partial charge in [0.25, 0.3) is 5.91 Å². The van der Waals surface area contributed by atoms with Crippen molar-refractivity contribution in [1.82, 2.24) is 29.8 Å². The lowest BCUT2D eigenvalue weighted by molar-refractivity contribution is 0.0938. The summed E-state index contributed by atoms with van der Waals surface area (Å²) < 4.78 is 21.0. The number of rotatable bonds is 11. The van der Waals surface area contributed by atoms with Crippen LogP contribution >= 0.6 is 11.3 Å². The van der Waals surface area contributed by atoms with Crippen molar-refractivity contribution in [2.24, 2.45) is 0 Å². The fourth-order valence-corrected chi connectivity index (χ4v) is 5.98. The quantitative estimate of drug-likeness (QED) is 0.218. The fraction of sp³-hybridized carbons (Fsp3) is 0.312. The lowest BCUT2D eigenvalue weighted by Crippen LogP contribution is -2.54. The van der Waals surface area contributed by atoms with Crippen LogP contribution in [-0.2, 0) is 0 Å². The summed E-state index contributed by atoms with van der Waals surface area (Å²) in [7, 11) is 0. The second-order valence-electron chi connectivity index (χ2n) is 10.6. The van der Waals surface area contributed by atoms with Crippen molar-refractivity contribution in [3.05, 3.63) is 83.8 Å². The van der Waals surface area contributed by atoms with Crippen molar-refractivity contribution in [1.29, 1.82) is 0 Å². The number of aromatic nitrogens is 4. The van der Waals surface area contributed by atoms with E-state index in [1.54, 1.807) is 34.2 Å². The Morgan fingerprint density at radius 1 is 1.12 bits per heavy atom. The number of anilines is 1. The molecule has 0 aliphatic carbocycles. The smallest absolute Gasteiger partial charge is 0.251 e. The number of nitrogens with one attached hydrogen (secondary N) is 1. The maximum Gasteiger partial charge on any atom is 0.251 e. The highest BCUT2D eigenvalue weighted by Crippen LogP contribution is 2.31. The average Bonchev–Trinajstić information content (AvgIpc) is 3.69. The number of carbonyl (C=O) groups is 1. The van der Waals surface area contributed by atoms with Crippen molar-refractivity contribution in [3.8, 4) is 27.6 Å². The van der Waals surface area contributed by atoms with Gasteiger partial charge >= 0.3 is 0 Å². The van der Waals surface area contributed by atoms with Gasteiger partial charge in [-0.15, -0.1) is 11.3 Å². The van der Waals surface area contributed by atoms with Gasteiger partial charge in [-0.1, -0.05) is 19.9 Å². The lowest BCUT2D eigenvalue weighted by atomic mass is 10.1. The first kappa shape index (κ1) is 28.8. The van der Waals surface area contributed by atoms with E-state index < -0.39 is 0 Å². The van der Waals surface area contributed by atoms with E-state index in [1.807, 2.05) is 41.9 Å². The Bertz CT molecular complexity index is 1700. The number of hydrogen-bond donors (Lipinski definition) is 1. The van der Waals surface area contributed by atoms with Gasteiger partial charge in [0.05, 0.1) is 41.1 Å². The highest BCUT2D eigenvalue weighted by Gasteiger charge is 2.31. The standard InChI is InChI=1S/C32H34FN7O2S/c1-4-38(5-2)21(3)17-34-32(41)22-15-28(26-18-35-40-13-12-27(37-31(26)40)29-7-6-14-43-29)36-30(16-22)39-19-25(20-39)42-24-10-8-23(33)9-11-24/h6-16,18,21,25H,4-5,17,19-20H2,1-3H3,(H,34,41)/t21-/m0/s1.